The molecule has 1 saturated heterocycles. The van der Waals surface area contributed by atoms with E-state index in [0.717, 1.165) is 13.1 Å². The average Bonchev–Trinajstić information content (AvgIpc) is 2.49. The van der Waals surface area contributed by atoms with E-state index in [2.05, 4.69) is 4.90 Å². The highest BCUT2D eigenvalue weighted by molar-refractivity contribution is 5.94. The van der Waals surface area contributed by atoms with Crippen LogP contribution in [0.25, 0.3) is 0 Å². The Morgan fingerprint density at radius 3 is 2.24 bits per heavy atom. The second kappa shape index (κ2) is 7.73. The summed E-state index contributed by atoms with van der Waals surface area (Å²) in [7, 11) is 2.03. The van der Waals surface area contributed by atoms with Crippen LogP contribution in [-0.4, -0.2) is 53.9 Å². The second-order valence-electron chi connectivity index (χ2n) is 4.85. The van der Waals surface area contributed by atoms with Crippen LogP contribution in [0.15, 0.2) is 18.2 Å². The number of piperazine rings is 1. The molecule has 1 aliphatic heterocycles. The molecule has 0 atom stereocenters. The molecule has 1 fully saturated rings. The molecule has 1 aromatic rings. The molecule has 1 amide bonds. The van der Waals surface area contributed by atoms with Gasteiger partial charge in [-0.25, -0.2) is 0 Å². The Kier molecular flexibility index (Phi) is 6.30. The van der Waals surface area contributed by atoms with Gasteiger partial charge in [-0.05, 0) is 26.1 Å². The number of carbonyl (C=O) groups excluding carboxylic acids is 1. The standard InChI is InChI=1S/C13H17N3O3.C2H6/c1-10-9-11(3-4-12(10)16(18)19)13(17)15-7-5-14(2)6-8-15;1-2/h3-4,9H,5-8H2,1-2H3;1-2H3. The lowest BCUT2D eigenvalue weighted by Gasteiger charge is -2.32. The summed E-state index contributed by atoms with van der Waals surface area (Å²) in [5, 5.41) is 10.7. The molecule has 0 saturated carbocycles. The maximum Gasteiger partial charge on any atom is 0.272 e. The van der Waals surface area contributed by atoms with Crippen LogP contribution in [0.5, 0.6) is 0 Å². The van der Waals surface area contributed by atoms with E-state index in [1.54, 1.807) is 17.9 Å². The van der Waals surface area contributed by atoms with Crippen molar-refractivity contribution in [3.8, 4) is 0 Å². The van der Waals surface area contributed by atoms with Crippen molar-refractivity contribution < 1.29 is 9.72 Å². The lowest BCUT2D eigenvalue weighted by atomic mass is 10.1. The molecule has 2 rings (SSSR count). The summed E-state index contributed by atoms with van der Waals surface area (Å²) in [6.45, 7) is 8.77. The number of hydrogen-bond acceptors (Lipinski definition) is 4. The molecule has 0 unspecified atom stereocenters. The van der Waals surface area contributed by atoms with E-state index < -0.39 is 4.92 Å². The molecule has 0 aromatic heterocycles. The van der Waals surface area contributed by atoms with Crippen molar-refractivity contribution in [2.75, 3.05) is 33.2 Å². The van der Waals surface area contributed by atoms with Crippen LogP contribution in [0.3, 0.4) is 0 Å². The first-order valence-corrected chi connectivity index (χ1v) is 7.22. The lowest BCUT2D eigenvalue weighted by molar-refractivity contribution is -0.385. The first kappa shape index (κ1) is 17.1. The average molecular weight is 293 g/mol. The Labute approximate surface area is 125 Å². The number of nitrogens with zero attached hydrogens (tertiary/aromatic N) is 3. The predicted molar refractivity (Wildman–Crippen MR) is 82.6 cm³/mol. The van der Waals surface area contributed by atoms with E-state index in [1.807, 2.05) is 20.9 Å². The molecule has 0 radical (unpaired) electrons. The van der Waals surface area contributed by atoms with Gasteiger partial charge in [0.15, 0.2) is 0 Å². The quantitative estimate of drug-likeness (QED) is 0.620. The van der Waals surface area contributed by atoms with Crippen molar-refractivity contribution in [2.45, 2.75) is 20.8 Å². The van der Waals surface area contributed by atoms with E-state index >= 15 is 0 Å². The van der Waals surface area contributed by atoms with Crippen molar-refractivity contribution in [2.24, 2.45) is 0 Å². The van der Waals surface area contributed by atoms with Gasteiger partial charge in [-0.2, -0.15) is 0 Å². The second-order valence-corrected chi connectivity index (χ2v) is 4.85. The third-order valence-electron chi connectivity index (χ3n) is 3.43. The zero-order chi connectivity index (χ0) is 16.0. The summed E-state index contributed by atoms with van der Waals surface area (Å²) in [5.74, 6) is -0.0499. The van der Waals surface area contributed by atoms with Gasteiger partial charge in [-0.15, -0.1) is 0 Å². The molecule has 1 heterocycles. The van der Waals surface area contributed by atoms with Crippen LogP contribution < -0.4 is 0 Å². The van der Waals surface area contributed by atoms with Gasteiger partial charge in [0.05, 0.1) is 4.92 Å². The normalized spacial score (nSPS) is 15.1. The maximum atomic E-state index is 12.3. The van der Waals surface area contributed by atoms with Gasteiger partial charge in [0.25, 0.3) is 11.6 Å². The molecule has 0 N–H and O–H groups in total. The van der Waals surface area contributed by atoms with Gasteiger partial charge >= 0.3 is 0 Å². The number of likely N-dealkylation sites (N-methyl/N-ethyl adjacent to an activating group) is 1. The smallest absolute Gasteiger partial charge is 0.272 e. The van der Waals surface area contributed by atoms with Crippen molar-refractivity contribution in [1.29, 1.82) is 0 Å². The van der Waals surface area contributed by atoms with E-state index in [9.17, 15) is 14.9 Å². The monoisotopic (exact) mass is 293 g/mol. The zero-order valence-electron chi connectivity index (χ0n) is 13.1. The van der Waals surface area contributed by atoms with Crippen molar-refractivity contribution in [3.63, 3.8) is 0 Å². The topological polar surface area (TPSA) is 66.7 Å². The summed E-state index contributed by atoms with van der Waals surface area (Å²) in [5.41, 5.74) is 1.09. The number of carbonyl (C=O) groups is 1. The molecule has 0 aliphatic carbocycles. The molecular formula is C15H23N3O3. The van der Waals surface area contributed by atoms with Crippen LogP contribution in [-0.2, 0) is 0 Å². The Hall–Kier alpha value is -1.95. The van der Waals surface area contributed by atoms with E-state index in [4.69, 9.17) is 0 Å². The third-order valence-corrected chi connectivity index (χ3v) is 3.43. The van der Waals surface area contributed by atoms with E-state index in [1.165, 1.54) is 12.1 Å². The number of aryl methyl sites for hydroxylation is 1. The molecule has 6 nitrogen and oxygen atoms in total. The molecule has 1 aliphatic rings. The van der Waals surface area contributed by atoms with E-state index in [0.29, 0.717) is 24.2 Å². The number of benzene rings is 1. The first-order chi connectivity index (χ1) is 9.99. The van der Waals surface area contributed by atoms with Crippen LogP contribution in [0, 0.1) is 17.0 Å². The molecule has 0 bridgehead atoms. The SMILES string of the molecule is CC.Cc1cc(C(=O)N2CCN(C)CC2)ccc1[N+](=O)[O-]. The van der Waals surface area contributed by atoms with Crippen molar-refractivity contribution in [1.82, 2.24) is 9.80 Å². The minimum Gasteiger partial charge on any atom is -0.336 e. The highest BCUT2D eigenvalue weighted by atomic mass is 16.6. The lowest BCUT2D eigenvalue weighted by Crippen LogP contribution is -2.47. The Bertz CT molecular complexity index is 509. The van der Waals surface area contributed by atoms with Crippen LogP contribution in [0.1, 0.15) is 29.8 Å². The van der Waals surface area contributed by atoms with Gasteiger partial charge in [0.2, 0.25) is 0 Å². The Morgan fingerprint density at radius 2 is 1.76 bits per heavy atom. The predicted octanol–water partition coefficient (Wildman–Crippen LogP) is 2.32. The fraction of sp³-hybridized carbons (Fsp3) is 0.533. The van der Waals surface area contributed by atoms with Crippen LogP contribution >= 0.6 is 0 Å². The molecular weight excluding hydrogens is 270 g/mol. The number of hydrogen-bond donors (Lipinski definition) is 0. The van der Waals surface area contributed by atoms with Crippen molar-refractivity contribution in [3.05, 3.63) is 39.4 Å². The summed E-state index contributed by atoms with van der Waals surface area (Å²) in [4.78, 5) is 26.6. The molecule has 116 valence electrons. The van der Waals surface area contributed by atoms with Gasteiger partial charge in [-0.3, -0.25) is 14.9 Å². The van der Waals surface area contributed by atoms with E-state index in [-0.39, 0.29) is 11.6 Å². The maximum absolute atomic E-state index is 12.3. The third kappa shape index (κ3) is 4.26. The fourth-order valence-electron chi connectivity index (χ4n) is 2.19. The summed E-state index contributed by atoms with van der Waals surface area (Å²) in [6, 6.07) is 4.53. The Morgan fingerprint density at radius 1 is 1.19 bits per heavy atom. The number of amides is 1. The number of rotatable bonds is 2. The summed E-state index contributed by atoms with van der Waals surface area (Å²) >= 11 is 0. The van der Waals surface area contributed by atoms with Gasteiger partial charge < -0.3 is 9.80 Å². The molecule has 21 heavy (non-hydrogen) atoms. The van der Waals surface area contributed by atoms with Crippen molar-refractivity contribution >= 4 is 11.6 Å². The Balaban J connectivity index is 0.00000106. The summed E-state index contributed by atoms with van der Waals surface area (Å²) < 4.78 is 0. The zero-order valence-corrected chi connectivity index (χ0v) is 13.1. The highest BCUT2D eigenvalue weighted by Crippen LogP contribution is 2.20. The minimum atomic E-state index is -0.431. The first-order valence-electron chi connectivity index (χ1n) is 7.22. The molecule has 0 spiro atoms. The number of nitro groups is 1. The van der Waals surface area contributed by atoms with Gasteiger partial charge in [0, 0.05) is 43.4 Å². The van der Waals surface area contributed by atoms with Gasteiger partial charge in [-0.1, -0.05) is 13.8 Å². The highest BCUT2D eigenvalue weighted by Gasteiger charge is 2.21. The minimum absolute atomic E-state index is 0.0499. The largest absolute Gasteiger partial charge is 0.336 e. The number of nitro benzene ring substituents is 1. The molecule has 6 heteroatoms. The summed E-state index contributed by atoms with van der Waals surface area (Å²) in [6.07, 6.45) is 0. The fourth-order valence-corrected chi connectivity index (χ4v) is 2.19. The van der Waals surface area contributed by atoms with Crippen LogP contribution in [0.4, 0.5) is 5.69 Å². The van der Waals surface area contributed by atoms with Crippen LogP contribution in [0.2, 0.25) is 0 Å². The van der Waals surface area contributed by atoms with Gasteiger partial charge in [0.1, 0.15) is 0 Å². The molecule has 1 aromatic carbocycles.